The molecule has 5 nitrogen and oxygen atoms in total. The highest BCUT2D eigenvalue weighted by atomic mass is 16.5. The summed E-state index contributed by atoms with van der Waals surface area (Å²) in [4.78, 5) is 2.23. The van der Waals surface area contributed by atoms with Crippen molar-refractivity contribution in [3.05, 3.63) is 54.6 Å². The van der Waals surface area contributed by atoms with E-state index in [1.807, 2.05) is 41.9 Å². The van der Waals surface area contributed by atoms with E-state index in [-0.39, 0.29) is 6.23 Å². The normalized spacial score (nSPS) is 12.4. The van der Waals surface area contributed by atoms with Crippen molar-refractivity contribution in [2.45, 2.75) is 19.6 Å². The summed E-state index contributed by atoms with van der Waals surface area (Å²) in [6.45, 7) is 3.53. The molecule has 2 aromatic carbocycles. The minimum Gasteiger partial charge on any atom is -0.374 e. The summed E-state index contributed by atoms with van der Waals surface area (Å²) in [5, 5.41) is 8.51. The Morgan fingerprint density at radius 2 is 1.83 bits per heavy atom. The predicted molar refractivity (Wildman–Crippen MR) is 92.5 cm³/mol. The van der Waals surface area contributed by atoms with Crippen molar-refractivity contribution in [2.24, 2.45) is 0 Å². The number of ether oxygens (including phenoxy) is 1. The summed E-state index contributed by atoms with van der Waals surface area (Å²) in [7, 11) is 2.10. The van der Waals surface area contributed by atoms with Gasteiger partial charge in [0.05, 0.1) is 5.52 Å². The van der Waals surface area contributed by atoms with Gasteiger partial charge < -0.3 is 9.64 Å². The fourth-order valence-electron chi connectivity index (χ4n) is 2.68. The maximum atomic E-state index is 5.91. The van der Waals surface area contributed by atoms with Gasteiger partial charge in [-0.2, -0.15) is 0 Å². The molecule has 0 aliphatic rings. The molecular formula is C18H22N4O. The lowest BCUT2D eigenvalue weighted by Gasteiger charge is -2.23. The van der Waals surface area contributed by atoms with E-state index in [9.17, 15) is 0 Å². The van der Waals surface area contributed by atoms with Crippen molar-refractivity contribution in [1.29, 1.82) is 0 Å². The number of para-hydroxylation sites is 2. The zero-order valence-corrected chi connectivity index (χ0v) is 13.6. The molecule has 0 saturated heterocycles. The van der Waals surface area contributed by atoms with Crippen LogP contribution in [0.4, 0.5) is 5.69 Å². The molecule has 0 amide bonds. The first kappa shape index (κ1) is 15.5. The van der Waals surface area contributed by atoms with Crippen LogP contribution in [0.2, 0.25) is 0 Å². The smallest absolute Gasteiger partial charge is 0.154 e. The van der Waals surface area contributed by atoms with Gasteiger partial charge in [0.15, 0.2) is 6.23 Å². The van der Waals surface area contributed by atoms with Gasteiger partial charge in [-0.1, -0.05) is 35.5 Å². The monoisotopic (exact) mass is 310 g/mol. The van der Waals surface area contributed by atoms with Gasteiger partial charge >= 0.3 is 0 Å². The minimum atomic E-state index is -0.112. The van der Waals surface area contributed by atoms with Crippen LogP contribution in [0.25, 0.3) is 11.0 Å². The molecule has 3 rings (SSSR count). The van der Waals surface area contributed by atoms with Crippen LogP contribution in [0, 0.1) is 0 Å². The molecule has 0 aliphatic heterocycles. The highest BCUT2D eigenvalue weighted by Gasteiger charge is 2.16. The average Bonchev–Trinajstić information content (AvgIpc) is 3.03. The molecule has 120 valence electrons. The van der Waals surface area contributed by atoms with E-state index >= 15 is 0 Å². The number of hydrogen-bond donors (Lipinski definition) is 0. The number of benzene rings is 2. The van der Waals surface area contributed by atoms with Crippen LogP contribution >= 0.6 is 0 Å². The predicted octanol–water partition coefficient (Wildman–Crippen LogP) is 3.49. The number of aromatic nitrogens is 3. The van der Waals surface area contributed by atoms with Gasteiger partial charge in [0.2, 0.25) is 0 Å². The maximum Gasteiger partial charge on any atom is 0.154 e. The van der Waals surface area contributed by atoms with Crippen LogP contribution in [-0.4, -0.2) is 35.2 Å². The van der Waals surface area contributed by atoms with E-state index < -0.39 is 0 Å². The van der Waals surface area contributed by atoms with Crippen molar-refractivity contribution in [2.75, 3.05) is 25.1 Å². The third-order valence-corrected chi connectivity index (χ3v) is 3.92. The number of fused-ring (bicyclic) bond motifs is 1. The van der Waals surface area contributed by atoms with E-state index in [0.29, 0.717) is 6.61 Å². The van der Waals surface area contributed by atoms with Gasteiger partial charge in [-0.25, -0.2) is 4.68 Å². The Morgan fingerprint density at radius 1 is 1.09 bits per heavy atom. The molecule has 23 heavy (non-hydrogen) atoms. The molecule has 1 aromatic heterocycles. The Kier molecular flexibility index (Phi) is 4.88. The van der Waals surface area contributed by atoms with Gasteiger partial charge in [-0.05, 0) is 31.2 Å². The van der Waals surface area contributed by atoms with Crippen molar-refractivity contribution in [3.63, 3.8) is 0 Å². The molecule has 5 heteroatoms. The van der Waals surface area contributed by atoms with Crippen molar-refractivity contribution in [3.8, 4) is 0 Å². The molecule has 1 heterocycles. The zero-order valence-electron chi connectivity index (χ0n) is 13.6. The quantitative estimate of drug-likeness (QED) is 0.670. The largest absolute Gasteiger partial charge is 0.374 e. The number of anilines is 1. The van der Waals surface area contributed by atoms with E-state index in [0.717, 1.165) is 24.0 Å². The first-order valence-electron chi connectivity index (χ1n) is 7.97. The first-order valence-corrected chi connectivity index (χ1v) is 7.97. The third-order valence-electron chi connectivity index (χ3n) is 3.92. The fourth-order valence-corrected chi connectivity index (χ4v) is 2.68. The van der Waals surface area contributed by atoms with Gasteiger partial charge in [0, 0.05) is 32.3 Å². The van der Waals surface area contributed by atoms with Crippen LogP contribution < -0.4 is 4.90 Å². The Bertz CT molecular complexity index is 741. The average molecular weight is 310 g/mol. The molecule has 0 aliphatic carbocycles. The Hall–Kier alpha value is -2.40. The molecular weight excluding hydrogens is 288 g/mol. The first-order chi connectivity index (χ1) is 11.3. The standard InChI is InChI=1S/C18H22N4O/c1-3-23-18(13-14-21(2)15-9-5-4-6-10-15)22-17-12-8-7-11-16(17)19-20-22/h4-12,18H,3,13-14H2,1-2H3. The van der Waals surface area contributed by atoms with Crippen LogP contribution in [0.1, 0.15) is 19.6 Å². The Morgan fingerprint density at radius 3 is 2.61 bits per heavy atom. The Balaban J connectivity index is 1.74. The van der Waals surface area contributed by atoms with Gasteiger partial charge in [-0.3, -0.25) is 0 Å². The number of nitrogens with zero attached hydrogens (tertiary/aromatic N) is 4. The molecule has 0 spiro atoms. The molecule has 1 atom stereocenters. The highest BCUT2D eigenvalue weighted by molar-refractivity contribution is 5.73. The summed E-state index contributed by atoms with van der Waals surface area (Å²) >= 11 is 0. The van der Waals surface area contributed by atoms with Crippen LogP contribution in [0.5, 0.6) is 0 Å². The summed E-state index contributed by atoms with van der Waals surface area (Å²) in [6, 6.07) is 18.3. The van der Waals surface area contributed by atoms with Crippen molar-refractivity contribution >= 4 is 16.7 Å². The SMILES string of the molecule is CCOC(CCN(C)c1ccccc1)n1nnc2ccccc21. The summed E-state index contributed by atoms with van der Waals surface area (Å²) in [5.74, 6) is 0. The topological polar surface area (TPSA) is 43.2 Å². The van der Waals surface area contributed by atoms with E-state index in [2.05, 4.69) is 46.5 Å². The molecule has 1 unspecified atom stereocenters. The summed E-state index contributed by atoms with van der Waals surface area (Å²) in [5.41, 5.74) is 3.10. The lowest BCUT2D eigenvalue weighted by atomic mass is 10.2. The maximum absolute atomic E-state index is 5.91. The van der Waals surface area contributed by atoms with Gasteiger partial charge in [0.25, 0.3) is 0 Å². The molecule has 0 fully saturated rings. The lowest BCUT2D eigenvalue weighted by Crippen LogP contribution is -2.24. The molecule has 0 bridgehead atoms. The van der Waals surface area contributed by atoms with Crippen LogP contribution in [0.3, 0.4) is 0 Å². The second-order valence-corrected chi connectivity index (χ2v) is 5.48. The second-order valence-electron chi connectivity index (χ2n) is 5.48. The van der Waals surface area contributed by atoms with Crippen molar-refractivity contribution < 1.29 is 4.74 Å². The summed E-state index contributed by atoms with van der Waals surface area (Å²) in [6.07, 6.45) is 0.727. The minimum absolute atomic E-state index is 0.112. The highest BCUT2D eigenvalue weighted by Crippen LogP contribution is 2.21. The molecule has 0 N–H and O–H groups in total. The van der Waals surface area contributed by atoms with E-state index in [4.69, 9.17) is 4.74 Å². The third kappa shape index (κ3) is 3.51. The van der Waals surface area contributed by atoms with Gasteiger partial charge in [-0.15, -0.1) is 5.10 Å². The molecule has 3 aromatic rings. The van der Waals surface area contributed by atoms with Gasteiger partial charge in [0.1, 0.15) is 5.52 Å². The lowest BCUT2D eigenvalue weighted by molar-refractivity contribution is -0.000952. The fraction of sp³-hybridized carbons (Fsp3) is 0.333. The zero-order chi connectivity index (χ0) is 16.1. The number of rotatable bonds is 7. The van der Waals surface area contributed by atoms with Crippen LogP contribution in [-0.2, 0) is 4.74 Å². The van der Waals surface area contributed by atoms with E-state index in [1.165, 1.54) is 5.69 Å². The van der Waals surface area contributed by atoms with E-state index in [1.54, 1.807) is 0 Å². The Labute approximate surface area is 136 Å². The second kappa shape index (κ2) is 7.24. The summed E-state index contributed by atoms with van der Waals surface area (Å²) < 4.78 is 7.80. The molecule has 0 radical (unpaired) electrons. The molecule has 0 saturated carbocycles. The van der Waals surface area contributed by atoms with Crippen molar-refractivity contribution in [1.82, 2.24) is 15.0 Å². The van der Waals surface area contributed by atoms with Crippen LogP contribution in [0.15, 0.2) is 54.6 Å². The number of hydrogen-bond acceptors (Lipinski definition) is 4.